The van der Waals surface area contributed by atoms with Gasteiger partial charge in [0.2, 0.25) is 0 Å². The van der Waals surface area contributed by atoms with Crippen molar-refractivity contribution in [2.75, 3.05) is 40.1 Å². The highest BCUT2D eigenvalue weighted by Gasteiger charge is 2.34. The normalized spacial score (nSPS) is 14.4. The van der Waals surface area contributed by atoms with E-state index in [0.717, 1.165) is 0 Å². The smallest absolute Gasteiger partial charge is 0.343 e. The first-order chi connectivity index (χ1) is 21.7. The van der Waals surface area contributed by atoms with Gasteiger partial charge in [0.15, 0.2) is 34.4 Å². The molecule has 0 amide bonds. The Morgan fingerprint density at radius 1 is 0.956 bits per heavy atom. The number of hydrogen-bond donors (Lipinski definition) is 0. The Morgan fingerprint density at radius 2 is 1.67 bits per heavy atom. The zero-order valence-corrected chi connectivity index (χ0v) is 28.3. The number of methoxy groups -OCH3 is 1. The van der Waals surface area contributed by atoms with E-state index in [1.165, 1.54) is 23.0 Å². The molecule has 0 saturated heterocycles. The number of aromatic nitrogens is 1. The van der Waals surface area contributed by atoms with Gasteiger partial charge in [0.25, 0.3) is 5.56 Å². The summed E-state index contributed by atoms with van der Waals surface area (Å²) in [6.45, 7) is 10.0. The van der Waals surface area contributed by atoms with Crippen molar-refractivity contribution in [3.8, 4) is 23.0 Å². The topological polar surface area (TPSA) is 124 Å². The Hall–Kier alpha value is -4.10. The third-order valence-corrected chi connectivity index (χ3v) is 8.16. The van der Waals surface area contributed by atoms with Crippen LogP contribution in [0, 0.1) is 0 Å². The van der Waals surface area contributed by atoms with Crippen molar-refractivity contribution in [2.45, 2.75) is 40.7 Å². The summed E-state index contributed by atoms with van der Waals surface area (Å²) in [7, 11) is 1.27. The Bertz CT molecular complexity index is 1790. The predicted octanol–water partition coefficient (Wildman–Crippen LogP) is 4.31. The molecule has 1 aromatic heterocycles. The van der Waals surface area contributed by atoms with E-state index in [-0.39, 0.29) is 24.3 Å². The Morgan fingerprint density at radius 3 is 2.33 bits per heavy atom. The Balaban J connectivity index is 1.90. The minimum atomic E-state index is -0.873. The maximum absolute atomic E-state index is 14.1. The molecular formula is C32H35BrN2O9S. The summed E-state index contributed by atoms with van der Waals surface area (Å²) < 4.78 is 35.7. The average molecular weight is 704 g/mol. The molecule has 3 aromatic rings. The standard InChI is InChI=1S/C32H35BrN2O9S/c1-7-40-23-16-20(11-12-22(23)44-17-26(36)39-6)28-27(31(38)43-10-4)18(5)34-32-35(28)30(37)25(45-32)15-19-13-21(33)29(42-9-3)24(14-19)41-8-2/h11-16,28H,7-10,17H2,1-6H3/b25-15+/t28-/m1/s1. The summed E-state index contributed by atoms with van der Waals surface area (Å²) in [5.74, 6) is 0.633. The molecular weight excluding hydrogens is 668 g/mol. The lowest BCUT2D eigenvalue weighted by molar-refractivity contribution is -0.143. The van der Waals surface area contributed by atoms with Gasteiger partial charge in [-0.2, -0.15) is 0 Å². The lowest BCUT2D eigenvalue weighted by Crippen LogP contribution is -2.40. The number of hydrogen-bond acceptors (Lipinski definition) is 11. The molecule has 0 aliphatic carbocycles. The molecule has 4 rings (SSSR count). The van der Waals surface area contributed by atoms with E-state index in [1.54, 1.807) is 38.1 Å². The van der Waals surface area contributed by atoms with Gasteiger partial charge >= 0.3 is 11.9 Å². The van der Waals surface area contributed by atoms with E-state index in [4.69, 9.17) is 23.7 Å². The number of carbonyl (C=O) groups is 2. The lowest BCUT2D eigenvalue weighted by atomic mass is 9.95. The monoisotopic (exact) mass is 702 g/mol. The summed E-state index contributed by atoms with van der Waals surface area (Å²) in [4.78, 5) is 44.2. The lowest BCUT2D eigenvalue weighted by Gasteiger charge is -2.25. The Kier molecular flexibility index (Phi) is 11.5. The molecule has 11 nitrogen and oxygen atoms in total. The molecule has 1 aliphatic rings. The molecule has 13 heteroatoms. The molecule has 0 fully saturated rings. The number of carbonyl (C=O) groups excluding carboxylic acids is 2. The molecule has 0 N–H and O–H groups in total. The molecule has 2 heterocycles. The SMILES string of the molecule is CCOC(=O)C1=C(C)N=c2s/c(=C/c3cc(Br)c(OCC)c(OCC)c3)c(=O)n2[C@@H]1c1ccc(OCC(=O)OC)c(OCC)c1. The van der Waals surface area contributed by atoms with Crippen LogP contribution in [-0.4, -0.2) is 56.6 Å². The van der Waals surface area contributed by atoms with Crippen molar-refractivity contribution in [1.29, 1.82) is 0 Å². The maximum Gasteiger partial charge on any atom is 0.343 e. The number of thiazole rings is 1. The van der Waals surface area contributed by atoms with Crippen LogP contribution in [0.3, 0.4) is 0 Å². The summed E-state index contributed by atoms with van der Waals surface area (Å²) in [5.41, 5.74) is 1.59. The van der Waals surface area contributed by atoms with Crippen molar-refractivity contribution >= 4 is 45.3 Å². The molecule has 0 saturated carbocycles. The number of benzene rings is 2. The number of rotatable bonds is 13. The second-order valence-corrected chi connectivity index (χ2v) is 11.4. The second-order valence-electron chi connectivity index (χ2n) is 9.50. The van der Waals surface area contributed by atoms with Gasteiger partial charge in [0.1, 0.15) is 0 Å². The van der Waals surface area contributed by atoms with Gasteiger partial charge in [0.05, 0.1) is 59.9 Å². The van der Waals surface area contributed by atoms with Crippen molar-refractivity contribution in [3.63, 3.8) is 0 Å². The number of allylic oxidation sites excluding steroid dienone is 1. The van der Waals surface area contributed by atoms with Gasteiger partial charge in [-0.1, -0.05) is 17.4 Å². The zero-order valence-electron chi connectivity index (χ0n) is 25.9. The van der Waals surface area contributed by atoms with Crippen LogP contribution in [0.15, 0.2) is 55.9 Å². The number of nitrogens with zero attached hydrogens (tertiary/aromatic N) is 2. The van der Waals surface area contributed by atoms with Crippen LogP contribution in [0.25, 0.3) is 6.08 Å². The number of halogens is 1. The second kappa shape index (κ2) is 15.3. The molecule has 2 aromatic carbocycles. The summed E-state index contributed by atoms with van der Waals surface area (Å²) in [5, 5.41) is 0. The Labute approximate surface area is 272 Å². The third-order valence-electron chi connectivity index (χ3n) is 6.59. The van der Waals surface area contributed by atoms with E-state index >= 15 is 0 Å². The van der Waals surface area contributed by atoms with E-state index in [0.29, 0.717) is 73.4 Å². The molecule has 1 atom stereocenters. The minimum Gasteiger partial charge on any atom is -0.490 e. The van der Waals surface area contributed by atoms with Gasteiger partial charge in [-0.25, -0.2) is 14.6 Å². The fourth-order valence-corrected chi connectivity index (χ4v) is 6.38. The molecule has 45 heavy (non-hydrogen) atoms. The van der Waals surface area contributed by atoms with Gasteiger partial charge in [-0.05, 0) is 92.0 Å². The van der Waals surface area contributed by atoms with Gasteiger partial charge in [-0.3, -0.25) is 9.36 Å². The molecule has 0 radical (unpaired) electrons. The highest BCUT2D eigenvalue weighted by Crippen LogP contribution is 2.38. The van der Waals surface area contributed by atoms with Crippen LogP contribution in [-0.2, 0) is 19.1 Å². The quantitative estimate of drug-likeness (QED) is 0.240. The molecule has 1 aliphatic heterocycles. The fraction of sp³-hybridized carbons (Fsp3) is 0.375. The number of ether oxygens (including phenoxy) is 6. The van der Waals surface area contributed by atoms with E-state index < -0.39 is 18.0 Å². The third kappa shape index (κ3) is 7.42. The first-order valence-electron chi connectivity index (χ1n) is 14.4. The van der Waals surface area contributed by atoms with Crippen LogP contribution in [0.2, 0.25) is 0 Å². The average Bonchev–Trinajstić information content (AvgIpc) is 3.31. The van der Waals surface area contributed by atoms with Crippen molar-refractivity contribution in [2.24, 2.45) is 4.99 Å². The van der Waals surface area contributed by atoms with E-state index in [9.17, 15) is 14.4 Å². The van der Waals surface area contributed by atoms with Crippen LogP contribution in [0.1, 0.15) is 51.8 Å². The highest BCUT2D eigenvalue weighted by atomic mass is 79.9. The van der Waals surface area contributed by atoms with Crippen molar-refractivity contribution in [3.05, 3.63) is 76.9 Å². The predicted molar refractivity (Wildman–Crippen MR) is 172 cm³/mol. The fourth-order valence-electron chi connectivity index (χ4n) is 4.75. The van der Waals surface area contributed by atoms with Crippen molar-refractivity contribution < 1.29 is 38.0 Å². The van der Waals surface area contributed by atoms with Gasteiger partial charge < -0.3 is 28.4 Å². The maximum atomic E-state index is 14.1. The van der Waals surface area contributed by atoms with Gasteiger partial charge in [-0.15, -0.1) is 0 Å². The molecule has 0 bridgehead atoms. The largest absolute Gasteiger partial charge is 0.490 e. The van der Waals surface area contributed by atoms with Crippen molar-refractivity contribution in [1.82, 2.24) is 4.57 Å². The van der Waals surface area contributed by atoms with E-state index in [1.807, 2.05) is 32.9 Å². The minimum absolute atomic E-state index is 0.145. The summed E-state index contributed by atoms with van der Waals surface area (Å²) in [6, 6.07) is 7.82. The summed E-state index contributed by atoms with van der Waals surface area (Å²) >= 11 is 4.77. The first-order valence-corrected chi connectivity index (χ1v) is 16.0. The van der Waals surface area contributed by atoms with Crippen LogP contribution >= 0.6 is 27.3 Å². The highest BCUT2D eigenvalue weighted by molar-refractivity contribution is 9.10. The summed E-state index contributed by atoms with van der Waals surface area (Å²) in [6.07, 6.45) is 1.75. The number of fused-ring (bicyclic) bond motifs is 1. The van der Waals surface area contributed by atoms with Crippen LogP contribution in [0.4, 0.5) is 0 Å². The molecule has 0 unspecified atom stereocenters. The van der Waals surface area contributed by atoms with Gasteiger partial charge in [0, 0.05) is 0 Å². The zero-order chi connectivity index (χ0) is 32.7. The molecule has 240 valence electrons. The number of esters is 2. The first kappa shape index (κ1) is 33.8. The van der Waals surface area contributed by atoms with Crippen LogP contribution < -0.4 is 33.8 Å². The van der Waals surface area contributed by atoms with Crippen LogP contribution in [0.5, 0.6) is 23.0 Å². The van der Waals surface area contributed by atoms with E-state index in [2.05, 4.69) is 25.7 Å². The molecule has 0 spiro atoms.